The summed E-state index contributed by atoms with van der Waals surface area (Å²) in [5, 5.41) is 20.1. The Balaban J connectivity index is 3.80. The van der Waals surface area contributed by atoms with Crippen molar-refractivity contribution < 1.29 is 0 Å². The van der Waals surface area contributed by atoms with Crippen LogP contribution in [0.3, 0.4) is 0 Å². The van der Waals surface area contributed by atoms with Gasteiger partial charge in [-0.3, -0.25) is 0 Å². The van der Waals surface area contributed by atoms with Crippen LogP contribution in [0.5, 0.6) is 0 Å². The molecule has 0 N–H and O–H groups in total. The molecule has 0 bridgehead atoms. The van der Waals surface area contributed by atoms with E-state index in [9.17, 15) is 0 Å². The Morgan fingerprint density at radius 1 is 1.40 bits per heavy atom. The maximum atomic E-state index is 8.20. The molecule has 0 spiro atoms. The Kier molecular flexibility index (Phi) is 5.82. The Morgan fingerprint density at radius 2 is 2.10 bits per heavy atom. The average molecular weight is 168 g/mol. The summed E-state index contributed by atoms with van der Waals surface area (Å²) < 4.78 is 0. The van der Waals surface area contributed by atoms with Crippen molar-refractivity contribution in [3.05, 3.63) is 17.2 Å². The number of rotatable bonds is 3. The number of hydrogen-bond acceptors (Lipinski definition) is 4. The standard InChI is InChI=1S/C6H4N2S2/c1-2-6(10-5-8)3-9-4-7/h1,3H2. The van der Waals surface area contributed by atoms with E-state index >= 15 is 0 Å². The zero-order valence-corrected chi connectivity index (χ0v) is 6.76. The predicted molar refractivity (Wildman–Crippen MR) is 43.9 cm³/mol. The summed E-state index contributed by atoms with van der Waals surface area (Å²) in [7, 11) is 0. The van der Waals surface area contributed by atoms with Crippen molar-refractivity contribution >= 4 is 23.5 Å². The number of nitrogens with zero attached hydrogens (tertiary/aromatic N) is 2. The lowest BCUT2D eigenvalue weighted by atomic mass is 10.7. The van der Waals surface area contributed by atoms with Crippen LogP contribution in [0.4, 0.5) is 0 Å². The molecule has 0 aliphatic carbocycles. The largest absolute Gasteiger partial charge is 0.185 e. The van der Waals surface area contributed by atoms with Crippen molar-refractivity contribution in [2.24, 2.45) is 0 Å². The molecule has 0 aromatic rings. The fourth-order valence-electron chi connectivity index (χ4n) is 0.269. The topological polar surface area (TPSA) is 47.6 Å². The number of thiocyanates is 2. The summed E-state index contributed by atoms with van der Waals surface area (Å²) in [5.74, 6) is 0.498. The first-order valence-electron chi connectivity index (χ1n) is 2.31. The quantitative estimate of drug-likeness (QED) is 0.478. The molecule has 0 radical (unpaired) electrons. The second kappa shape index (κ2) is 6.32. The van der Waals surface area contributed by atoms with Gasteiger partial charge < -0.3 is 0 Å². The molecule has 0 unspecified atom stereocenters. The molecule has 0 fully saturated rings. The minimum atomic E-state index is 0.498. The van der Waals surface area contributed by atoms with E-state index in [2.05, 4.69) is 12.3 Å². The van der Waals surface area contributed by atoms with Crippen molar-refractivity contribution in [3.8, 4) is 10.8 Å². The van der Waals surface area contributed by atoms with Crippen molar-refractivity contribution in [2.45, 2.75) is 0 Å². The molecule has 0 aromatic heterocycles. The third-order valence-corrected chi connectivity index (χ3v) is 2.01. The normalized spacial score (nSPS) is 7.00. The SMILES string of the molecule is C=C=C(CSC#N)SC#N. The highest BCUT2D eigenvalue weighted by atomic mass is 32.2. The van der Waals surface area contributed by atoms with Crippen molar-refractivity contribution in [1.82, 2.24) is 0 Å². The van der Waals surface area contributed by atoms with E-state index in [1.165, 1.54) is 0 Å². The molecule has 10 heavy (non-hydrogen) atoms. The van der Waals surface area contributed by atoms with Gasteiger partial charge in [-0.15, -0.1) is 5.73 Å². The summed E-state index contributed by atoms with van der Waals surface area (Å²) in [6.45, 7) is 3.38. The lowest BCUT2D eigenvalue weighted by molar-refractivity contribution is 1.56. The van der Waals surface area contributed by atoms with Gasteiger partial charge in [-0.1, -0.05) is 6.58 Å². The lowest BCUT2D eigenvalue weighted by Gasteiger charge is -1.89. The predicted octanol–water partition coefficient (Wildman–Crippen LogP) is 2.08. The molecule has 0 aliphatic heterocycles. The highest BCUT2D eigenvalue weighted by molar-refractivity contribution is 8.10. The molecular weight excluding hydrogens is 164 g/mol. The molecule has 0 aromatic carbocycles. The number of nitriles is 2. The fourth-order valence-corrected chi connectivity index (χ4v) is 1.16. The first-order valence-corrected chi connectivity index (χ1v) is 4.11. The molecule has 4 heteroatoms. The molecule has 0 aliphatic rings. The van der Waals surface area contributed by atoms with E-state index in [4.69, 9.17) is 10.5 Å². The van der Waals surface area contributed by atoms with Crippen LogP contribution in [0.25, 0.3) is 0 Å². The van der Waals surface area contributed by atoms with Crippen LogP contribution < -0.4 is 0 Å². The Labute approximate surface area is 68.2 Å². The summed E-state index contributed by atoms with van der Waals surface area (Å²) in [6.07, 6.45) is 0. The second-order valence-corrected chi connectivity index (χ2v) is 2.81. The highest BCUT2D eigenvalue weighted by Crippen LogP contribution is 2.16. The zero-order valence-electron chi connectivity index (χ0n) is 5.13. The van der Waals surface area contributed by atoms with Crippen LogP contribution in [0.15, 0.2) is 17.2 Å². The van der Waals surface area contributed by atoms with Crippen molar-refractivity contribution in [2.75, 3.05) is 5.75 Å². The van der Waals surface area contributed by atoms with Crippen LogP contribution in [0, 0.1) is 21.3 Å². The number of hydrogen-bond donors (Lipinski definition) is 0. The Hall–Kier alpha value is -0.800. The molecule has 0 saturated heterocycles. The fraction of sp³-hybridized carbons (Fsp3) is 0.167. The van der Waals surface area contributed by atoms with Gasteiger partial charge in [-0.2, -0.15) is 10.5 Å². The van der Waals surface area contributed by atoms with Gasteiger partial charge in [0.05, 0.1) is 4.91 Å². The van der Waals surface area contributed by atoms with Gasteiger partial charge in [0.25, 0.3) is 0 Å². The molecule has 0 saturated carbocycles. The summed E-state index contributed by atoms with van der Waals surface area (Å²) in [5.41, 5.74) is 2.57. The Morgan fingerprint density at radius 3 is 2.50 bits per heavy atom. The summed E-state index contributed by atoms with van der Waals surface area (Å²) in [4.78, 5) is 0.703. The lowest BCUT2D eigenvalue weighted by Crippen LogP contribution is -1.75. The summed E-state index contributed by atoms with van der Waals surface area (Å²) in [6, 6.07) is 0. The van der Waals surface area contributed by atoms with Gasteiger partial charge in [-0.05, 0) is 23.5 Å². The van der Waals surface area contributed by atoms with E-state index in [1.807, 2.05) is 10.8 Å². The molecule has 0 atom stereocenters. The number of thioether (sulfide) groups is 2. The summed E-state index contributed by atoms with van der Waals surface area (Å²) >= 11 is 2.07. The van der Waals surface area contributed by atoms with Crippen LogP contribution in [0.1, 0.15) is 0 Å². The van der Waals surface area contributed by atoms with Gasteiger partial charge in [0.15, 0.2) is 0 Å². The van der Waals surface area contributed by atoms with Gasteiger partial charge in [-0.25, -0.2) is 0 Å². The van der Waals surface area contributed by atoms with Gasteiger partial charge in [0.1, 0.15) is 10.8 Å². The van der Waals surface area contributed by atoms with E-state index in [0.29, 0.717) is 10.7 Å². The molecule has 0 amide bonds. The third kappa shape index (κ3) is 4.12. The first-order chi connectivity index (χ1) is 4.85. The van der Waals surface area contributed by atoms with E-state index in [-0.39, 0.29) is 0 Å². The van der Waals surface area contributed by atoms with Crippen LogP contribution in [0.2, 0.25) is 0 Å². The first kappa shape index (κ1) is 9.20. The monoisotopic (exact) mass is 168 g/mol. The minimum absolute atomic E-state index is 0.498. The third-order valence-electron chi connectivity index (χ3n) is 0.634. The van der Waals surface area contributed by atoms with E-state index < -0.39 is 0 Å². The average Bonchev–Trinajstić information content (AvgIpc) is 1.98. The second-order valence-electron chi connectivity index (χ2n) is 1.17. The highest BCUT2D eigenvalue weighted by Gasteiger charge is 1.94. The molecule has 0 rings (SSSR count). The van der Waals surface area contributed by atoms with E-state index in [0.717, 1.165) is 23.5 Å². The van der Waals surface area contributed by atoms with Gasteiger partial charge in [0.2, 0.25) is 0 Å². The van der Waals surface area contributed by atoms with Crippen LogP contribution >= 0.6 is 23.5 Å². The van der Waals surface area contributed by atoms with Crippen LogP contribution in [-0.4, -0.2) is 5.75 Å². The maximum absolute atomic E-state index is 8.20. The van der Waals surface area contributed by atoms with Crippen molar-refractivity contribution in [1.29, 1.82) is 10.5 Å². The van der Waals surface area contributed by atoms with Crippen LogP contribution in [-0.2, 0) is 0 Å². The van der Waals surface area contributed by atoms with Gasteiger partial charge >= 0.3 is 0 Å². The van der Waals surface area contributed by atoms with Gasteiger partial charge in [0, 0.05) is 5.75 Å². The Bertz CT molecular complexity index is 227. The van der Waals surface area contributed by atoms with Crippen molar-refractivity contribution in [3.63, 3.8) is 0 Å². The van der Waals surface area contributed by atoms with E-state index in [1.54, 1.807) is 0 Å². The molecule has 2 nitrogen and oxygen atoms in total. The maximum Gasteiger partial charge on any atom is 0.138 e. The minimum Gasteiger partial charge on any atom is -0.185 e. The molecular formula is C6H4N2S2. The zero-order chi connectivity index (χ0) is 7.82. The molecule has 0 heterocycles. The molecule has 50 valence electrons. The smallest absolute Gasteiger partial charge is 0.138 e.